The number of aryl methyl sites for hydroxylation is 1. The smallest absolute Gasteiger partial charge is 0.272 e. The van der Waals surface area contributed by atoms with E-state index in [0.29, 0.717) is 43.4 Å². The molecular formula is C20H22ClN5O3. The Hall–Kier alpha value is -2.84. The highest BCUT2D eigenvalue weighted by Gasteiger charge is 2.28. The van der Waals surface area contributed by atoms with Gasteiger partial charge in [-0.2, -0.15) is 10.2 Å². The highest BCUT2D eigenvalue weighted by Crippen LogP contribution is 2.23. The van der Waals surface area contributed by atoms with Crippen molar-refractivity contribution in [3.8, 4) is 5.75 Å². The molecule has 1 N–H and O–H groups in total. The molecule has 1 aromatic carbocycles. The van der Waals surface area contributed by atoms with Crippen LogP contribution in [0.2, 0.25) is 5.02 Å². The molecule has 0 spiro atoms. The molecule has 2 aromatic heterocycles. The molecule has 1 saturated heterocycles. The highest BCUT2D eigenvalue weighted by atomic mass is 35.5. The fourth-order valence-corrected chi connectivity index (χ4v) is 3.45. The third-order valence-corrected chi connectivity index (χ3v) is 5.05. The minimum Gasteiger partial charge on any atom is -0.493 e. The minimum atomic E-state index is -0.264. The van der Waals surface area contributed by atoms with Crippen molar-refractivity contribution < 1.29 is 14.3 Å². The number of nitrogens with zero attached hydrogens (tertiary/aromatic N) is 4. The zero-order chi connectivity index (χ0) is 20.2. The van der Waals surface area contributed by atoms with Crippen molar-refractivity contribution in [2.45, 2.75) is 12.5 Å². The van der Waals surface area contributed by atoms with Gasteiger partial charge in [-0.15, -0.1) is 0 Å². The van der Waals surface area contributed by atoms with Crippen molar-refractivity contribution in [2.75, 3.05) is 26.3 Å². The maximum atomic E-state index is 12.7. The minimum absolute atomic E-state index is 0.0519. The Morgan fingerprint density at radius 1 is 1.38 bits per heavy atom. The fourth-order valence-electron chi connectivity index (χ4n) is 3.27. The van der Waals surface area contributed by atoms with Crippen LogP contribution in [0.3, 0.4) is 0 Å². The molecule has 1 unspecified atom stereocenters. The molecular weight excluding hydrogens is 394 g/mol. The molecule has 152 valence electrons. The van der Waals surface area contributed by atoms with Gasteiger partial charge in [-0.1, -0.05) is 17.7 Å². The number of hydrogen-bond acceptors (Lipinski definition) is 5. The zero-order valence-corrected chi connectivity index (χ0v) is 16.8. The third-order valence-electron chi connectivity index (χ3n) is 4.81. The molecule has 1 aliphatic heterocycles. The molecule has 1 amide bonds. The van der Waals surface area contributed by atoms with E-state index in [0.717, 1.165) is 17.1 Å². The van der Waals surface area contributed by atoms with Crippen molar-refractivity contribution in [1.82, 2.24) is 24.9 Å². The van der Waals surface area contributed by atoms with Gasteiger partial charge in [0.05, 0.1) is 25.5 Å². The van der Waals surface area contributed by atoms with Crippen molar-refractivity contribution in [1.29, 1.82) is 0 Å². The predicted octanol–water partition coefficient (Wildman–Crippen LogP) is 2.63. The standard InChI is InChI=1S/C20H22ClN5O3/c1-25-18(5-7-22-25)20(27)26-8-10-29-19(13-26)17-12-15(23-24-17)6-9-28-16-4-2-3-14(21)11-16/h2-5,7,11-12,19H,6,8-10,13H2,1H3,(H,23,24). The number of aromatic amines is 1. The fraction of sp³-hybridized carbons (Fsp3) is 0.350. The first-order valence-corrected chi connectivity index (χ1v) is 9.79. The molecule has 4 rings (SSSR count). The van der Waals surface area contributed by atoms with Crippen LogP contribution in [0.25, 0.3) is 0 Å². The lowest BCUT2D eigenvalue weighted by Gasteiger charge is -2.32. The number of hydrogen-bond donors (Lipinski definition) is 1. The van der Waals surface area contributed by atoms with Crippen LogP contribution in [0.5, 0.6) is 5.75 Å². The molecule has 1 fully saturated rings. The summed E-state index contributed by atoms with van der Waals surface area (Å²) >= 11 is 5.96. The number of carbonyl (C=O) groups is 1. The zero-order valence-electron chi connectivity index (χ0n) is 16.0. The van der Waals surface area contributed by atoms with Gasteiger partial charge in [0.1, 0.15) is 17.5 Å². The molecule has 1 aliphatic rings. The van der Waals surface area contributed by atoms with Crippen molar-refractivity contribution in [3.63, 3.8) is 0 Å². The van der Waals surface area contributed by atoms with Crippen LogP contribution >= 0.6 is 11.6 Å². The van der Waals surface area contributed by atoms with E-state index in [2.05, 4.69) is 15.3 Å². The summed E-state index contributed by atoms with van der Waals surface area (Å²) < 4.78 is 13.2. The normalized spacial score (nSPS) is 16.8. The predicted molar refractivity (Wildman–Crippen MR) is 107 cm³/mol. The maximum Gasteiger partial charge on any atom is 0.272 e. The Morgan fingerprint density at radius 2 is 2.28 bits per heavy atom. The van der Waals surface area contributed by atoms with Crippen LogP contribution in [-0.2, 0) is 18.2 Å². The molecule has 1 atom stereocenters. The van der Waals surface area contributed by atoms with Gasteiger partial charge in [-0.05, 0) is 30.3 Å². The SMILES string of the molecule is Cn1nccc1C(=O)N1CCOC(c2cc(CCOc3cccc(Cl)c3)[nH]n2)C1. The number of nitrogens with one attached hydrogen (secondary N) is 1. The molecule has 29 heavy (non-hydrogen) atoms. The lowest BCUT2D eigenvalue weighted by Crippen LogP contribution is -2.43. The number of ether oxygens (including phenoxy) is 2. The highest BCUT2D eigenvalue weighted by molar-refractivity contribution is 6.30. The van der Waals surface area contributed by atoms with Crippen LogP contribution in [0.4, 0.5) is 0 Å². The van der Waals surface area contributed by atoms with E-state index in [9.17, 15) is 4.79 Å². The number of morpholine rings is 1. The second kappa shape index (κ2) is 8.67. The Bertz CT molecular complexity index is 986. The van der Waals surface area contributed by atoms with Gasteiger partial charge < -0.3 is 14.4 Å². The first kappa shape index (κ1) is 19.5. The van der Waals surface area contributed by atoms with Crippen molar-refractivity contribution in [2.24, 2.45) is 7.05 Å². The first-order chi connectivity index (χ1) is 14.1. The lowest BCUT2D eigenvalue weighted by atomic mass is 10.1. The summed E-state index contributed by atoms with van der Waals surface area (Å²) in [7, 11) is 1.76. The monoisotopic (exact) mass is 415 g/mol. The second-order valence-electron chi connectivity index (χ2n) is 6.82. The number of H-pyrrole nitrogens is 1. The van der Waals surface area contributed by atoms with Gasteiger partial charge in [0.25, 0.3) is 5.91 Å². The van der Waals surface area contributed by atoms with Gasteiger partial charge >= 0.3 is 0 Å². The topological polar surface area (TPSA) is 85.3 Å². The second-order valence-corrected chi connectivity index (χ2v) is 7.26. The van der Waals surface area contributed by atoms with Gasteiger partial charge in [-0.3, -0.25) is 14.6 Å². The summed E-state index contributed by atoms with van der Waals surface area (Å²) in [6.45, 7) is 1.96. The molecule has 0 radical (unpaired) electrons. The maximum absolute atomic E-state index is 12.7. The Kier molecular flexibility index (Phi) is 5.82. The van der Waals surface area contributed by atoms with E-state index in [4.69, 9.17) is 21.1 Å². The van der Waals surface area contributed by atoms with Gasteiger partial charge in [0.15, 0.2) is 0 Å². The molecule has 3 aromatic rings. The van der Waals surface area contributed by atoms with Crippen LogP contribution in [-0.4, -0.2) is 57.1 Å². The summed E-state index contributed by atoms with van der Waals surface area (Å²) in [5.74, 6) is 0.682. The molecule has 0 saturated carbocycles. The molecule has 8 nitrogen and oxygen atoms in total. The van der Waals surface area contributed by atoms with Gasteiger partial charge in [0.2, 0.25) is 0 Å². The molecule has 0 aliphatic carbocycles. The van der Waals surface area contributed by atoms with Crippen molar-refractivity contribution >= 4 is 17.5 Å². The number of amides is 1. The Balaban J connectivity index is 1.33. The van der Waals surface area contributed by atoms with Crippen LogP contribution in [0.1, 0.15) is 28.0 Å². The number of aromatic nitrogens is 4. The van der Waals surface area contributed by atoms with Crippen molar-refractivity contribution in [3.05, 3.63) is 64.7 Å². The van der Waals surface area contributed by atoms with E-state index < -0.39 is 0 Å². The molecule has 9 heteroatoms. The largest absolute Gasteiger partial charge is 0.493 e. The van der Waals surface area contributed by atoms with Crippen LogP contribution in [0.15, 0.2) is 42.6 Å². The van der Waals surface area contributed by atoms with E-state index in [1.807, 2.05) is 24.3 Å². The summed E-state index contributed by atoms with van der Waals surface area (Å²) in [5.41, 5.74) is 2.29. The number of rotatable bonds is 6. The van der Waals surface area contributed by atoms with E-state index in [1.165, 1.54) is 0 Å². The summed E-state index contributed by atoms with van der Waals surface area (Å²) in [6.07, 6.45) is 2.03. The quantitative estimate of drug-likeness (QED) is 0.669. The number of carbonyl (C=O) groups excluding carboxylic acids is 1. The van der Waals surface area contributed by atoms with Crippen LogP contribution in [0, 0.1) is 0 Å². The number of benzene rings is 1. The lowest BCUT2D eigenvalue weighted by molar-refractivity contribution is -0.0250. The molecule has 3 heterocycles. The average Bonchev–Trinajstić information content (AvgIpc) is 3.37. The molecule has 0 bridgehead atoms. The number of halogens is 1. The Labute approximate surface area is 173 Å². The third kappa shape index (κ3) is 4.60. The Morgan fingerprint density at radius 3 is 3.07 bits per heavy atom. The summed E-state index contributed by atoms with van der Waals surface area (Å²) in [5, 5.41) is 12.1. The van der Waals surface area contributed by atoms with E-state index >= 15 is 0 Å². The van der Waals surface area contributed by atoms with Gasteiger partial charge in [-0.25, -0.2) is 0 Å². The van der Waals surface area contributed by atoms with E-state index in [1.54, 1.807) is 35.0 Å². The van der Waals surface area contributed by atoms with Gasteiger partial charge in [0, 0.05) is 36.9 Å². The summed E-state index contributed by atoms with van der Waals surface area (Å²) in [4.78, 5) is 14.5. The first-order valence-electron chi connectivity index (χ1n) is 9.41. The average molecular weight is 416 g/mol. The van der Waals surface area contributed by atoms with E-state index in [-0.39, 0.29) is 12.0 Å². The van der Waals surface area contributed by atoms with Crippen LogP contribution < -0.4 is 4.74 Å². The summed E-state index contributed by atoms with van der Waals surface area (Å²) in [6, 6.07) is 11.0.